The first-order chi connectivity index (χ1) is 14.6. The maximum absolute atomic E-state index is 13.3. The predicted octanol–water partition coefficient (Wildman–Crippen LogP) is 3.29. The quantitative estimate of drug-likeness (QED) is 0.467. The SMILES string of the molecule is COc1ccc(C#N)c(-c2cc3[nH]c(=O)n(-c4cncc5ncsc45)c(=O)c3s2)c1. The number of pyridine rings is 1. The molecule has 0 aliphatic carbocycles. The second-order valence-corrected chi connectivity index (χ2v) is 8.21. The van der Waals surface area contributed by atoms with Crippen molar-refractivity contribution in [2.75, 3.05) is 7.11 Å². The number of hydrogen-bond donors (Lipinski definition) is 1. The van der Waals surface area contributed by atoms with E-state index in [1.807, 2.05) is 0 Å². The maximum Gasteiger partial charge on any atom is 0.333 e. The Morgan fingerprint density at radius 2 is 2.07 bits per heavy atom. The number of aromatic amines is 1. The number of nitriles is 1. The molecule has 30 heavy (non-hydrogen) atoms. The number of benzene rings is 1. The van der Waals surface area contributed by atoms with Crippen LogP contribution in [0, 0.1) is 11.3 Å². The van der Waals surface area contributed by atoms with Gasteiger partial charge in [-0.2, -0.15) is 5.26 Å². The van der Waals surface area contributed by atoms with Crippen molar-refractivity contribution in [1.29, 1.82) is 5.26 Å². The number of nitrogens with one attached hydrogen (secondary N) is 1. The number of methoxy groups -OCH3 is 1. The molecule has 0 unspecified atom stereocenters. The molecule has 0 bridgehead atoms. The molecule has 5 rings (SSSR count). The topological polar surface area (TPSA) is 114 Å². The molecule has 10 heteroatoms. The van der Waals surface area contributed by atoms with Crippen LogP contribution < -0.4 is 16.0 Å². The van der Waals surface area contributed by atoms with Gasteiger partial charge in [-0.15, -0.1) is 22.7 Å². The summed E-state index contributed by atoms with van der Waals surface area (Å²) < 4.78 is 7.41. The average molecular weight is 433 g/mol. The van der Waals surface area contributed by atoms with Gasteiger partial charge in [0.2, 0.25) is 0 Å². The smallest absolute Gasteiger partial charge is 0.333 e. The summed E-state index contributed by atoms with van der Waals surface area (Å²) in [4.78, 5) is 37.8. The number of H-pyrrole nitrogens is 1. The first-order valence-corrected chi connectivity index (χ1v) is 10.4. The van der Waals surface area contributed by atoms with E-state index in [-0.39, 0.29) is 0 Å². The van der Waals surface area contributed by atoms with Gasteiger partial charge in [0.1, 0.15) is 16.0 Å². The number of nitrogens with zero attached hydrogens (tertiary/aromatic N) is 4. The van der Waals surface area contributed by atoms with Gasteiger partial charge in [0.05, 0.1) is 52.6 Å². The third-order valence-corrected chi connectivity index (χ3v) is 6.67. The lowest BCUT2D eigenvalue weighted by atomic mass is 10.1. The van der Waals surface area contributed by atoms with Crippen LogP contribution in [0.3, 0.4) is 0 Å². The summed E-state index contributed by atoms with van der Waals surface area (Å²) in [5.74, 6) is 0.593. The second-order valence-electron chi connectivity index (χ2n) is 6.31. The fourth-order valence-electron chi connectivity index (χ4n) is 3.25. The van der Waals surface area contributed by atoms with Crippen LogP contribution in [0.15, 0.2) is 51.8 Å². The predicted molar refractivity (Wildman–Crippen MR) is 116 cm³/mol. The zero-order valence-corrected chi connectivity index (χ0v) is 17.0. The van der Waals surface area contributed by atoms with Crippen LogP contribution in [-0.4, -0.2) is 26.6 Å². The fourth-order valence-corrected chi connectivity index (χ4v) is 5.08. The van der Waals surface area contributed by atoms with Crippen molar-refractivity contribution in [3.8, 4) is 27.9 Å². The van der Waals surface area contributed by atoms with E-state index in [1.165, 1.54) is 28.9 Å². The van der Waals surface area contributed by atoms with Crippen molar-refractivity contribution >= 4 is 43.1 Å². The molecule has 0 saturated heterocycles. The Labute approximate surface area is 176 Å². The zero-order chi connectivity index (χ0) is 20.8. The molecule has 5 aromatic rings. The van der Waals surface area contributed by atoms with E-state index in [9.17, 15) is 14.9 Å². The summed E-state index contributed by atoms with van der Waals surface area (Å²) >= 11 is 2.54. The highest BCUT2D eigenvalue weighted by atomic mass is 32.1. The van der Waals surface area contributed by atoms with Crippen LogP contribution >= 0.6 is 22.7 Å². The number of aromatic nitrogens is 4. The van der Waals surface area contributed by atoms with Crippen LogP contribution in [-0.2, 0) is 0 Å². The Hall–Kier alpha value is -3.81. The van der Waals surface area contributed by atoms with E-state index in [4.69, 9.17) is 4.74 Å². The standard InChI is InChI=1S/C20H11N5O3S2/c1-28-11-3-2-10(6-21)12(4-11)16-5-13-18(30-16)19(26)25(20(27)24-13)15-8-22-7-14-17(15)29-9-23-14/h2-5,7-9H,1H3,(H,24,27). The van der Waals surface area contributed by atoms with E-state index in [2.05, 4.69) is 21.0 Å². The molecule has 0 radical (unpaired) electrons. The van der Waals surface area contributed by atoms with E-state index in [0.717, 1.165) is 4.57 Å². The molecule has 0 aliphatic heterocycles. The van der Waals surface area contributed by atoms with Crippen molar-refractivity contribution in [3.63, 3.8) is 0 Å². The summed E-state index contributed by atoms with van der Waals surface area (Å²) in [5, 5.41) is 9.47. The number of hydrogen-bond acceptors (Lipinski definition) is 8. The van der Waals surface area contributed by atoms with E-state index >= 15 is 0 Å². The molecule has 1 aromatic carbocycles. The zero-order valence-electron chi connectivity index (χ0n) is 15.4. The molecule has 4 aromatic heterocycles. The van der Waals surface area contributed by atoms with Crippen molar-refractivity contribution in [2.45, 2.75) is 0 Å². The maximum atomic E-state index is 13.3. The molecule has 0 fully saturated rings. The Balaban J connectivity index is 1.78. The van der Waals surface area contributed by atoms with Crippen LogP contribution in [0.2, 0.25) is 0 Å². The van der Waals surface area contributed by atoms with Gasteiger partial charge in [0.25, 0.3) is 5.56 Å². The highest BCUT2D eigenvalue weighted by Gasteiger charge is 2.18. The minimum absolute atomic E-state index is 0.373. The lowest BCUT2D eigenvalue weighted by molar-refractivity contribution is 0.415. The molecular formula is C20H11N5O3S2. The van der Waals surface area contributed by atoms with Crippen molar-refractivity contribution < 1.29 is 4.74 Å². The van der Waals surface area contributed by atoms with Crippen molar-refractivity contribution in [3.05, 3.63) is 68.6 Å². The molecule has 4 heterocycles. The molecule has 0 aliphatic rings. The second kappa shape index (κ2) is 6.91. The van der Waals surface area contributed by atoms with Gasteiger partial charge in [-0.25, -0.2) is 14.3 Å². The number of thiophene rings is 1. The molecule has 0 atom stereocenters. The third kappa shape index (κ3) is 2.72. The van der Waals surface area contributed by atoms with Gasteiger partial charge >= 0.3 is 5.69 Å². The van der Waals surface area contributed by atoms with Crippen LogP contribution in [0.5, 0.6) is 5.75 Å². The molecule has 8 nitrogen and oxygen atoms in total. The number of rotatable bonds is 3. The molecule has 146 valence electrons. The first kappa shape index (κ1) is 18.2. The number of thiazole rings is 1. The Bertz CT molecular complexity index is 1600. The minimum Gasteiger partial charge on any atom is -0.497 e. The largest absolute Gasteiger partial charge is 0.497 e. The first-order valence-electron chi connectivity index (χ1n) is 8.65. The summed E-state index contributed by atoms with van der Waals surface area (Å²) in [5.41, 5.74) is 3.13. The van der Waals surface area contributed by atoms with Gasteiger partial charge in [-0.05, 0) is 24.3 Å². The third-order valence-electron chi connectivity index (χ3n) is 4.65. The Kier molecular flexibility index (Phi) is 4.20. The van der Waals surface area contributed by atoms with Crippen LogP contribution in [0.4, 0.5) is 0 Å². The summed E-state index contributed by atoms with van der Waals surface area (Å²) in [7, 11) is 1.54. The van der Waals surface area contributed by atoms with Gasteiger partial charge in [0.15, 0.2) is 0 Å². The van der Waals surface area contributed by atoms with Crippen LogP contribution in [0.25, 0.3) is 36.6 Å². The van der Waals surface area contributed by atoms with E-state index in [1.54, 1.807) is 43.1 Å². The van der Waals surface area contributed by atoms with E-state index < -0.39 is 11.2 Å². The highest BCUT2D eigenvalue weighted by Crippen LogP contribution is 2.35. The fraction of sp³-hybridized carbons (Fsp3) is 0.0500. The Morgan fingerprint density at radius 1 is 1.20 bits per heavy atom. The van der Waals surface area contributed by atoms with Gasteiger partial charge in [0, 0.05) is 10.4 Å². The highest BCUT2D eigenvalue weighted by molar-refractivity contribution is 7.22. The molecule has 0 spiro atoms. The van der Waals surface area contributed by atoms with Gasteiger partial charge in [-0.3, -0.25) is 9.78 Å². The summed E-state index contributed by atoms with van der Waals surface area (Å²) in [6, 6.07) is 8.96. The monoisotopic (exact) mass is 433 g/mol. The number of ether oxygens (including phenoxy) is 1. The lowest BCUT2D eigenvalue weighted by Gasteiger charge is -2.04. The average Bonchev–Trinajstić information content (AvgIpc) is 3.40. The molecule has 0 saturated carbocycles. The summed E-state index contributed by atoms with van der Waals surface area (Å²) in [6.07, 6.45) is 3.07. The summed E-state index contributed by atoms with van der Waals surface area (Å²) in [6.45, 7) is 0. The lowest BCUT2D eigenvalue weighted by Crippen LogP contribution is -2.33. The van der Waals surface area contributed by atoms with Crippen molar-refractivity contribution in [1.82, 2.24) is 19.5 Å². The molecule has 0 amide bonds. The Morgan fingerprint density at radius 3 is 2.87 bits per heavy atom. The molecular weight excluding hydrogens is 422 g/mol. The minimum atomic E-state index is -0.564. The molecule has 1 N–H and O–H groups in total. The van der Waals surface area contributed by atoms with Gasteiger partial charge in [-0.1, -0.05) is 0 Å². The van der Waals surface area contributed by atoms with Gasteiger partial charge < -0.3 is 9.72 Å². The number of fused-ring (bicyclic) bond motifs is 2. The normalized spacial score (nSPS) is 11.1. The van der Waals surface area contributed by atoms with Crippen molar-refractivity contribution in [2.24, 2.45) is 0 Å². The van der Waals surface area contributed by atoms with Crippen LogP contribution in [0.1, 0.15) is 5.56 Å². The van der Waals surface area contributed by atoms with E-state index in [0.29, 0.717) is 47.9 Å².